The molecule has 0 aromatic carbocycles. The van der Waals surface area contributed by atoms with Crippen LogP contribution in [0.2, 0.25) is 0 Å². The van der Waals surface area contributed by atoms with Crippen molar-refractivity contribution in [3.63, 3.8) is 0 Å². The molecule has 0 radical (unpaired) electrons. The summed E-state index contributed by atoms with van der Waals surface area (Å²) in [7, 11) is 4.09. The van der Waals surface area contributed by atoms with Crippen molar-refractivity contribution in [2.45, 2.75) is 33.2 Å². The maximum absolute atomic E-state index is 12.6. The highest BCUT2D eigenvalue weighted by molar-refractivity contribution is 5.95. The van der Waals surface area contributed by atoms with Gasteiger partial charge in [-0.2, -0.15) is 5.10 Å². The lowest BCUT2D eigenvalue weighted by molar-refractivity contribution is 0.0758. The molecule has 120 valence electrons. The first-order valence-corrected chi connectivity index (χ1v) is 7.67. The van der Waals surface area contributed by atoms with Crippen LogP contribution in [0.25, 0.3) is 0 Å². The normalized spacial score (nSPS) is 11.1. The van der Waals surface area contributed by atoms with Gasteiger partial charge < -0.3 is 15.5 Å². The Hall–Kier alpha value is -1.40. The van der Waals surface area contributed by atoms with Crippen molar-refractivity contribution < 1.29 is 4.79 Å². The van der Waals surface area contributed by atoms with Crippen LogP contribution in [0.5, 0.6) is 0 Å². The zero-order valence-corrected chi connectivity index (χ0v) is 13.8. The Labute approximate surface area is 127 Å². The summed E-state index contributed by atoms with van der Waals surface area (Å²) in [4.78, 5) is 16.6. The molecule has 1 rings (SSSR count). The molecule has 0 saturated heterocycles. The third kappa shape index (κ3) is 5.13. The maximum atomic E-state index is 12.6. The number of nitrogens with two attached hydrogens (primary N) is 1. The van der Waals surface area contributed by atoms with Crippen LogP contribution in [0.4, 0.5) is 0 Å². The molecule has 0 spiro atoms. The average Bonchev–Trinajstić information content (AvgIpc) is 2.81. The Bertz CT molecular complexity index is 441. The van der Waals surface area contributed by atoms with Gasteiger partial charge in [-0.25, -0.2) is 0 Å². The van der Waals surface area contributed by atoms with Crippen molar-refractivity contribution in [1.29, 1.82) is 0 Å². The van der Waals surface area contributed by atoms with Gasteiger partial charge in [-0.3, -0.25) is 9.48 Å². The van der Waals surface area contributed by atoms with Gasteiger partial charge in [-0.05, 0) is 53.9 Å². The third-order valence-electron chi connectivity index (χ3n) is 3.61. The molecule has 6 nitrogen and oxygen atoms in total. The first kappa shape index (κ1) is 17.7. The molecular formula is C15H29N5O. The highest BCUT2D eigenvalue weighted by Gasteiger charge is 2.19. The maximum Gasteiger partial charge on any atom is 0.257 e. The number of carbonyl (C=O) groups excluding carboxylic acids is 1. The van der Waals surface area contributed by atoms with Crippen LogP contribution in [0.1, 0.15) is 35.8 Å². The topological polar surface area (TPSA) is 67.4 Å². The molecule has 0 aliphatic rings. The molecule has 0 atom stereocenters. The molecular weight excluding hydrogens is 266 g/mol. The van der Waals surface area contributed by atoms with E-state index >= 15 is 0 Å². The molecule has 0 fully saturated rings. The highest BCUT2D eigenvalue weighted by Crippen LogP contribution is 2.11. The summed E-state index contributed by atoms with van der Waals surface area (Å²) in [5, 5.41) is 4.30. The minimum Gasteiger partial charge on any atom is -0.339 e. The number of carbonyl (C=O) groups is 1. The van der Waals surface area contributed by atoms with Gasteiger partial charge in [0.1, 0.15) is 0 Å². The van der Waals surface area contributed by atoms with E-state index in [0.717, 1.165) is 44.7 Å². The molecule has 21 heavy (non-hydrogen) atoms. The van der Waals surface area contributed by atoms with E-state index in [-0.39, 0.29) is 5.91 Å². The molecule has 0 aliphatic heterocycles. The van der Waals surface area contributed by atoms with Crippen molar-refractivity contribution in [3.05, 3.63) is 17.5 Å². The first-order chi connectivity index (χ1) is 10.0. The number of aromatic nitrogens is 2. The van der Waals surface area contributed by atoms with Gasteiger partial charge in [0.25, 0.3) is 5.91 Å². The molecule has 1 amide bonds. The summed E-state index contributed by atoms with van der Waals surface area (Å²) in [6.45, 7) is 7.85. The lowest BCUT2D eigenvalue weighted by atomic mass is 10.2. The zero-order valence-electron chi connectivity index (χ0n) is 13.8. The van der Waals surface area contributed by atoms with Crippen LogP contribution >= 0.6 is 0 Å². The predicted octanol–water partition coefficient (Wildman–Crippen LogP) is 0.954. The molecule has 2 N–H and O–H groups in total. The second-order valence-electron chi connectivity index (χ2n) is 5.55. The Morgan fingerprint density at radius 3 is 2.62 bits per heavy atom. The molecule has 0 bridgehead atoms. The van der Waals surface area contributed by atoms with Crippen LogP contribution in [0, 0.1) is 6.92 Å². The van der Waals surface area contributed by atoms with E-state index in [1.165, 1.54) is 0 Å². The smallest absolute Gasteiger partial charge is 0.257 e. The number of nitrogens with zero attached hydrogens (tertiary/aromatic N) is 4. The van der Waals surface area contributed by atoms with Crippen molar-refractivity contribution in [1.82, 2.24) is 19.6 Å². The molecule has 0 saturated carbocycles. The van der Waals surface area contributed by atoms with Crippen LogP contribution < -0.4 is 5.73 Å². The van der Waals surface area contributed by atoms with Crippen molar-refractivity contribution in [2.75, 3.05) is 40.3 Å². The van der Waals surface area contributed by atoms with Gasteiger partial charge in [0.05, 0.1) is 11.8 Å². The van der Waals surface area contributed by atoms with Gasteiger partial charge in [-0.1, -0.05) is 0 Å². The van der Waals surface area contributed by atoms with E-state index in [0.29, 0.717) is 12.1 Å². The summed E-state index contributed by atoms with van der Waals surface area (Å²) in [6.07, 6.45) is 3.53. The Morgan fingerprint density at radius 2 is 2.05 bits per heavy atom. The summed E-state index contributed by atoms with van der Waals surface area (Å²) < 4.78 is 1.87. The van der Waals surface area contributed by atoms with Gasteiger partial charge in [0.15, 0.2) is 0 Å². The van der Waals surface area contributed by atoms with E-state index in [1.807, 2.05) is 37.5 Å². The van der Waals surface area contributed by atoms with E-state index in [4.69, 9.17) is 5.73 Å². The van der Waals surface area contributed by atoms with Crippen LogP contribution in [-0.2, 0) is 6.54 Å². The fourth-order valence-electron chi connectivity index (χ4n) is 2.27. The molecule has 1 heterocycles. The second-order valence-corrected chi connectivity index (χ2v) is 5.55. The number of aryl methyl sites for hydroxylation is 1. The minimum absolute atomic E-state index is 0.0766. The average molecular weight is 295 g/mol. The standard InChI is InChI=1S/C15H29N5O/c1-5-19(10-7-9-18(3)4)15(21)14-12-17-20(13(14)2)11-6-8-16/h12H,5-11,16H2,1-4H3. The van der Waals surface area contributed by atoms with Gasteiger partial charge >= 0.3 is 0 Å². The van der Waals surface area contributed by atoms with Crippen molar-refractivity contribution >= 4 is 5.91 Å². The molecule has 6 heteroatoms. The van der Waals surface area contributed by atoms with Gasteiger partial charge in [0.2, 0.25) is 0 Å². The summed E-state index contributed by atoms with van der Waals surface area (Å²) in [6, 6.07) is 0. The number of hydrogen-bond donors (Lipinski definition) is 1. The number of hydrogen-bond acceptors (Lipinski definition) is 4. The second kappa shape index (κ2) is 8.79. The fraction of sp³-hybridized carbons (Fsp3) is 0.733. The van der Waals surface area contributed by atoms with Crippen molar-refractivity contribution in [3.8, 4) is 0 Å². The molecule has 0 aliphatic carbocycles. The van der Waals surface area contributed by atoms with Gasteiger partial charge in [-0.15, -0.1) is 0 Å². The Kier molecular flexibility index (Phi) is 7.39. The minimum atomic E-state index is 0.0766. The van der Waals surface area contributed by atoms with Crippen LogP contribution in [0.15, 0.2) is 6.20 Å². The Balaban J connectivity index is 2.69. The summed E-state index contributed by atoms with van der Waals surface area (Å²) >= 11 is 0. The molecule has 0 unspecified atom stereocenters. The largest absolute Gasteiger partial charge is 0.339 e. The van der Waals surface area contributed by atoms with E-state index in [1.54, 1.807) is 6.20 Å². The molecule has 1 aromatic rings. The van der Waals surface area contributed by atoms with E-state index in [9.17, 15) is 4.79 Å². The lowest BCUT2D eigenvalue weighted by Gasteiger charge is -2.21. The third-order valence-corrected chi connectivity index (χ3v) is 3.61. The highest BCUT2D eigenvalue weighted by atomic mass is 16.2. The van der Waals surface area contributed by atoms with E-state index < -0.39 is 0 Å². The quantitative estimate of drug-likeness (QED) is 0.736. The van der Waals surface area contributed by atoms with Crippen LogP contribution in [0.3, 0.4) is 0 Å². The SMILES string of the molecule is CCN(CCCN(C)C)C(=O)c1cnn(CCCN)c1C. The number of amides is 1. The zero-order chi connectivity index (χ0) is 15.8. The lowest BCUT2D eigenvalue weighted by Crippen LogP contribution is -2.33. The number of rotatable bonds is 9. The monoisotopic (exact) mass is 295 g/mol. The first-order valence-electron chi connectivity index (χ1n) is 7.67. The summed E-state index contributed by atoms with van der Waals surface area (Å²) in [5.41, 5.74) is 7.16. The Morgan fingerprint density at radius 1 is 1.33 bits per heavy atom. The van der Waals surface area contributed by atoms with Crippen molar-refractivity contribution in [2.24, 2.45) is 5.73 Å². The molecule has 1 aromatic heterocycles. The predicted molar refractivity (Wildman–Crippen MR) is 85.4 cm³/mol. The summed E-state index contributed by atoms with van der Waals surface area (Å²) in [5.74, 6) is 0.0766. The van der Waals surface area contributed by atoms with Crippen LogP contribution in [-0.4, -0.2) is 65.8 Å². The van der Waals surface area contributed by atoms with E-state index in [2.05, 4.69) is 10.00 Å². The van der Waals surface area contributed by atoms with Gasteiger partial charge in [0, 0.05) is 25.3 Å². The fourth-order valence-corrected chi connectivity index (χ4v) is 2.27.